The van der Waals surface area contributed by atoms with E-state index in [0.29, 0.717) is 0 Å². The van der Waals surface area contributed by atoms with Gasteiger partial charge < -0.3 is 19.4 Å². The molecule has 5 aromatic rings. The van der Waals surface area contributed by atoms with Crippen molar-refractivity contribution in [2.75, 3.05) is 5.32 Å². The van der Waals surface area contributed by atoms with Gasteiger partial charge in [-0.25, -0.2) is 17.2 Å². The molecule has 0 aliphatic carbocycles. The zero-order valence-corrected chi connectivity index (χ0v) is 24.1. The van der Waals surface area contributed by atoms with E-state index in [0.717, 1.165) is 20.2 Å². The van der Waals surface area contributed by atoms with Gasteiger partial charge in [-0.05, 0) is 43.3 Å². The zero-order valence-electron chi connectivity index (χ0n) is 23.3. The number of nitrogens with zero attached hydrogens (tertiary/aromatic N) is 3. The van der Waals surface area contributed by atoms with Crippen LogP contribution in [-0.4, -0.2) is 40.0 Å². The van der Waals surface area contributed by atoms with E-state index in [9.17, 15) is 36.0 Å². The molecule has 1 aliphatic heterocycles. The number of halogens is 3. The van der Waals surface area contributed by atoms with Crippen molar-refractivity contribution in [3.8, 4) is 16.9 Å². The van der Waals surface area contributed by atoms with Crippen LogP contribution < -0.4 is 15.6 Å². The van der Waals surface area contributed by atoms with Gasteiger partial charge in [0.15, 0.2) is 5.75 Å². The van der Waals surface area contributed by atoms with Crippen LogP contribution >= 0.6 is 0 Å². The minimum Gasteiger partial charge on any atom is -0.437 e. The lowest BCUT2D eigenvalue weighted by atomic mass is 9.99. The summed E-state index contributed by atoms with van der Waals surface area (Å²) in [7, 11) is -2.85. The number of carbonyl (C=O) groups excluding carboxylic acids is 2. The van der Waals surface area contributed by atoms with Crippen LogP contribution in [-0.2, 0) is 37.2 Å². The predicted octanol–water partition coefficient (Wildman–Crippen LogP) is 4.24. The summed E-state index contributed by atoms with van der Waals surface area (Å²) in [6, 6.07) is 15.8. The Morgan fingerprint density at radius 3 is 2.40 bits per heavy atom. The molecule has 4 heterocycles. The number of esters is 1. The summed E-state index contributed by atoms with van der Waals surface area (Å²) in [6.07, 6.45) is -1.72. The smallest absolute Gasteiger partial charge is 0.437 e. The van der Waals surface area contributed by atoms with Gasteiger partial charge in [0, 0.05) is 42.2 Å². The molecule has 0 bridgehead atoms. The Kier molecular flexibility index (Phi) is 6.80. The van der Waals surface area contributed by atoms with Gasteiger partial charge in [-0.3, -0.25) is 14.6 Å². The van der Waals surface area contributed by atoms with Crippen molar-refractivity contribution in [1.29, 1.82) is 0 Å². The Hall–Kier alpha value is -5.44. The lowest BCUT2D eigenvalue weighted by Crippen LogP contribution is -2.53. The quantitative estimate of drug-likeness (QED) is 0.282. The van der Waals surface area contributed by atoms with Crippen molar-refractivity contribution >= 4 is 38.5 Å². The number of fused-ring (bicyclic) bond motifs is 2. The van der Waals surface area contributed by atoms with E-state index in [1.54, 1.807) is 19.1 Å². The molecule has 6 rings (SSSR count). The molecule has 230 valence electrons. The number of carbonyl (C=O) groups is 2. The average Bonchev–Trinajstić information content (AvgIpc) is 3.46. The van der Waals surface area contributed by atoms with Gasteiger partial charge in [0.05, 0.1) is 10.6 Å². The number of hydrogen-bond donors (Lipinski definition) is 1. The summed E-state index contributed by atoms with van der Waals surface area (Å²) in [5.41, 5.74) is -0.157. The second-order valence-electron chi connectivity index (χ2n) is 10.1. The van der Waals surface area contributed by atoms with Gasteiger partial charge in [0.25, 0.3) is 15.6 Å². The first-order chi connectivity index (χ1) is 21.2. The maximum atomic E-state index is 13.6. The standard InChI is InChI=1S/C30H21F3N4O7S/c1-17-9-11-18(12-10-17)45(41,42)37-15-13-19-21(16-36(2)26(38)24(19)37)20-6-5-7-22-25(20)43-29(27(39)35-22,23-8-3-4-14-34-23)44-28(40)30(31,32)33/h3-16H,1-2H3,(H,35,39). The molecule has 15 heteroatoms. The van der Waals surface area contributed by atoms with Gasteiger partial charge >= 0.3 is 23.8 Å². The highest BCUT2D eigenvalue weighted by atomic mass is 32.2. The Morgan fingerprint density at radius 1 is 1.00 bits per heavy atom. The van der Waals surface area contributed by atoms with Crippen LogP contribution in [0, 0.1) is 6.92 Å². The number of nitrogens with one attached hydrogen (secondary N) is 1. The van der Waals surface area contributed by atoms with E-state index < -0.39 is 45.1 Å². The number of benzene rings is 2. The molecule has 0 saturated carbocycles. The zero-order chi connectivity index (χ0) is 32.3. The first-order valence-electron chi connectivity index (χ1n) is 13.1. The Morgan fingerprint density at radius 2 is 1.73 bits per heavy atom. The first kappa shape index (κ1) is 29.6. The van der Waals surface area contributed by atoms with Crippen molar-refractivity contribution in [1.82, 2.24) is 13.5 Å². The molecular weight excluding hydrogens is 617 g/mol. The molecule has 1 N–H and O–H groups in total. The number of aromatic nitrogens is 3. The van der Waals surface area contributed by atoms with Crippen LogP contribution in [0.3, 0.4) is 0 Å². The average molecular weight is 639 g/mol. The number of anilines is 1. The van der Waals surface area contributed by atoms with Crippen molar-refractivity contribution in [3.05, 3.63) is 107 Å². The maximum absolute atomic E-state index is 13.6. The van der Waals surface area contributed by atoms with Crippen molar-refractivity contribution in [3.63, 3.8) is 0 Å². The fraction of sp³-hybridized carbons (Fsp3) is 0.133. The number of hydrogen-bond acceptors (Lipinski definition) is 8. The Bertz CT molecular complexity index is 2180. The number of ether oxygens (including phenoxy) is 2. The van der Waals surface area contributed by atoms with Crippen LogP contribution in [0.2, 0.25) is 0 Å². The highest BCUT2D eigenvalue weighted by Gasteiger charge is 2.56. The minimum absolute atomic E-state index is 0.000765. The highest BCUT2D eigenvalue weighted by Crippen LogP contribution is 2.46. The third kappa shape index (κ3) is 4.81. The number of aryl methyl sites for hydroxylation is 2. The van der Waals surface area contributed by atoms with Crippen molar-refractivity contribution in [2.24, 2.45) is 7.05 Å². The van der Waals surface area contributed by atoms with E-state index in [-0.39, 0.29) is 38.4 Å². The summed E-state index contributed by atoms with van der Waals surface area (Å²) < 4.78 is 80.0. The topological polar surface area (TPSA) is 139 Å². The molecule has 1 aliphatic rings. The summed E-state index contributed by atoms with van der Waals surface area (Å²) in [4.78, 5) is 42.7. The van der Waals surface area contributed by atoms with E-state index in [1.807, 2.05) is 0 Å². The summed E-state index contributed by atoms with van der Waals surface area (Å²) in [5.74, 6) is -7.19. The van der Waals surface area contributed by atoms with Gasteiger partial charge in [-0.15, -0.1) is 0 Å². The summed E-state index contributed by atoms with van der Waals surface area (Å²) in [5, 5.41) is 2.58. The van der Waals surface area contributed by atoms with Crippen LogP contribution in [0.25, 0.3) is 22.0 Å². The third-order valence-corrected chi connectivity index (χ3v) is 8.82. The van der Waals surface area contributed by atoms with Crippen molar-refractivity contribution in [2.45, 2.75) is 23.8 Å². The summed E-state index contributed by atoms with van der Waals surface area (Å²) >= 11 is 0. The predicted molar refractivity (Wildman–Crippen MR) is 154 cm³/mol. The molecule has 0 spiro atoms. The second-order valence-corrected chi connectivity index (χ2v) is 11.9. The lowest BCUT2D eigenvalue weighted by Gasteiger charge is -2.36. The molecule has 0 saturated heterocycles. The molecule has 3 aromatic heterocycles. The van der Waals surface area contributed by atoms with E-state index in [4.69, 9.17) is 9.47 Å². The normalized spacial score (nSPS) is 16.5. The first-order valence-corrected chi connectivity index (χ1v) is 14.6. The maximum Gasteiger partial charge on any atom is 0.491 e. The monoisotopic (exact) mass is 638 g/mol. The van der Waals surface area contributed by atoms with Crippen LogP contribution in [0.15, 0.2) is 95.0 Å². The molecule has 2 aromatic carbocycles. The molecule has 45 heavy (non-hydrogen) atoms. The molecule has 0 fully saturated rings. The lowest BCUT2D eigenvalue weighted by molar-refractivity contribution is -0.240. The number of rotatable bonds is 5. The second kappa shape index (κ2) is 10.3. The molecule has 11 nitrogen and oxygen atoms in total. The van der Waals surface area contributed by atoms with Gasteiger partial charge in [0.2, 0.25) is 0 Å². The molecule has 1 atom stereocenters. The SMILES string of the molecule is Cc1ccc(S(=O)(=O)n2ccc3c(-c4cccc5c4OC(OC(=O)C(F)(F)F)(c4ccccn4)C(=O)N5)cn(C)c(=O)c32)cc1. The number of para-hydroxylation sites is 1. The Balaban J connectivity index is 1.57. The number of alkyl halides is 3. The summed E-state index contributed by atoms with van der Waals surface area (Å²) in [6.45, 7) is 1.79. The minimum atomic E-state index is -5.49. The van der Waals surface area contributed by atoms with Crippen LogP contribution in [0.4, 0.5) is 18.9 Å². The highest BCUT2D eigenvalue weighted by molar-refractivity contribution is 7.90. The fourth-order valence-corrected chi connectivity index (χ4v) is 6.30. The molecule has 0 radical (unpaired) electrons. The molecular formula is C30H21F3N4O7S. The Labute approximate surface area is 252 Å². The molecule has 1 unspecified atom stereocenters. The van der Waals surface area contributed by atoms with Gasteiger partial charge in [-0.2, -0.15) is 13.2 Å². The van der Waals surface area contributed by atoms with Crippen LogP contribution in [0.1, 0.15) is 11.3 Å². The van der Waals surface area contributed by atoms with Crippen LogP contribution in [0.5, 0.6) is 5.75 Å². The largest absolute Gasteiger partial charge is 0.491 e. The van der Waals surface area contributed by atoms with E-state index in [1.165, 1.54) is 74.2 Å². The van der Waals surface area contributed by atoms with E-state index in [2.05, 4.69) is 10.3 Å². The molecule has 1 amide bonds. The van der Waals surface area contributed by atoms with Gasteiger partial charge in [-0.1, -0.05) is 35.9 Å². The fourth-order valence-electron chi connectivity index (χ4n) is 4.95. The number of amides is 1. The van der Waals surface area contributed by atoms with Gasteiger partial charge in [0.1, 0.15) is 11.2 Å². The number of pyridine rings is 2. The third-order valence-electron chi connectivity index (χ3n) is 7.13. The van der Waals surface area contributed by atoms with Crippen molar-refractivity contribution < 1.29 is 40.7 Å². The van der Waals surface area contributed by atoms with E-state index >= 15 is 0 Å².